The van der Waals surface area contributed by atoms with Crippen LogP contribution in [-0.2, 0) is 13.8 Å². The van der Waals surface area contributed by atoms with Crippen molar-refractivity contribution in [3.05, 3.63) is 71.8 Å². The quantitative estimate of drug-likeness (QED) is 0.369. The van der Waals surface area contributed by atoms with Crippen LogP contribution < -0.4 is 4.74 Å². The van der Waals surface area contributed by atoms with E-state index in [2.05, 4.69) is 69.6 Å². The highest BCUT2D eigenvalue weighted by Crippen LogP contribution is 2.40. The maximum Gasteiger partial charge on any atom is 0.215 e. The van der Waals surface area contributed by atoms with Gasteiger partial charge in [0.05, 0.1) is 13.0 Å². The van der Waals surface area contributed by atoms with Gasteiger partial charge in [0.2, 0.25) is 22.9 Å². The number of ether oxygens (including phenoxy) is 2. The van der Waals surface area contributed by atoms with Gasteiger partial charge in [-0.15, -0.1) is 0 Å². The zero-order valence-electron chi connectivity index (χ0n) is 19.0. The minimum absolute atomic E-state index is 0.0428. The Labute approximate surface area is 182 Å². The fraction of sp³-hybridized carbons (Fsp3) is 0.391. The first-order chi connectivity index (χ1) is 14.1. The molecule has 0 saturated carbocycles. The summed E-state index contributed by atoms with van der Waals surface area (Å²) in [4.78, 5) is 0. The summed E-state index contributed by atoms with van der Waals surface area (Å²) in [5.74, 6) is 1.62. The molecule has 0 aliphatic carbocycles. The first kappa shape index (κ1) is 22.8. The van der Waals surface area contributed by atoms with Crippen molar-refractivity contribution in [1.29, 1.82) is 0 Å². The van der Waals surface area contributed by atoms with Gasteiger partial charge in [-0.25, -0.2) is 0 Å². The number of rotatable bonds is 8. The minimum atomic E-state index is -1.93. The first-order valence-electron chi connectivity index (χ1n) is 10.3. The highest BCUT2D eigenvalue weighted by atomic mass is 28.4. The van der Waals surface area contributed by atoms with Crippen LogP contribution in [0.1, 0.15) is 17.0 Å². The molecule has 1 aliphatic heterocycles. The molecule has 1 aliphatic rings. The lowest BCUT2D eigenvalue weighted by molar-refractivity contribution is -0.336. The van der Waals surface area contributed by atoms with Gasteiger partial charge in [0.25, 0.3) is 0 Å². The van der Waals surface area contributed by atoms with Crippen molar-refractivity contribution in [2.75, 3.05) is 7.11 Å². The minimum Gasteiger partial charge on any atom is -0.497 e. The second-order valence-corrected chi connectivity index (χ2v) is 18.2. The van der Waals surface area contributed by atoms with Gasteiger partial charge in [-0.2, -0.15) is 0 Å². The van der Waals surface area contributed by atoms with Crippen molar-refractivity contribution >= 4 is 22.4 Å². The molecule has 2 aromatic rings. The van der Waals surface area contributed by atoms with Gasteiger partial charge in [0, 0.05) is 5.56 Å². The molecule has 5 nitrogen and oxygen atoms in total. The SMILES string of the molecule is COc1ccc([C@H]2C=C(c3ccccc3)O[C@@H]2N(O[Si](C)(C)C)O[Si](C)(C)C)cc1. The summed E-state index contributed by atoms with van der Waals surface area (Å²) in [5, 5.41) is 1.65. The predicted molar refractivity (Wildman–Crippen MR) is 126 cm³/mol. The standard InChI is InChI=1S/C23H33NO4Si2/c1-25-20-15-13-18(14-16-20)21-17-22(19-11-9-8-10-12-19)26-23(21)24(27-29(2,3)4)28-30(5,6)7/h8-17,21,23H,1-7H3/t21-,23+/m1/s1. The van der Waals surface area contributed by atoms with E-state index in [1.54, 1.807) is 12.3 Å². The molecule has 0 spiro atoms. The van der Waals surface area contributed by atoms with Crippen molar-refractivity contribution in [3.8, 4) is 5.75 Å². The third kappa shape index (κ3) is 6.05. The topological polar surface area (TPSA) is 40.2 Å². The Hall–Kier alpha value is -1.91. The summed E-state index contributed by atoms with van der Waals surface area (Å²) >= 11 is 0. The maximum atomic E-state index is 6.48. The molecule has 30 heavy (non-hydrogen) atoms. The number of hydrogen-bond donors (Lipinski definition) is 0. The van der Waals surface area contributed by atoms with E-state index in [0.29, 0.717) is 0 Å². The number of hydrogen-bond acceptors (Lipinski definition) is 5. The average molecular weight is 444 g/mol. The van der Waals surface area contributed by atoms with Crippen LogP contribution in [0.15, 0.2) is 60.7 Å². The Bertz CT molecular complexity index is 842. The molecule has 0 unspecified atom stereocenters. The number of nitrogens with zero attached hydrogens (tertiary/aromatic N) is 1. The average Bonchev–Trinajstić information content (AvgIpc) is 3.11. The van der Waals surface area contributed by atoms with Crippen LogP contribution in [-0.4, -0.2) is 35.2 Å². The normalized spacial score (nSPS) is 19.5. The van der Waals surface area contributed by atoms with Gasteiger partial charge in [-0.3, -0.25) is 0 Å². The molecular formula is C23H33NO4Si2. The van der Waals surface area contributed by atoms with E-state index in [4.69, 9.17) is 18.5 Å². The lowest BCUT2D eigenvalue weighted by atomic mass is 9.97. The Kier molecular flexibility index (Phi) is 6.89. The zero-order chi connectivity index (χ0) is 21.9. The first-order valence-corrected chi connectivity index (χ1v) is 17.1. The van der Waals surface area contributed by atoms with Crippen molar-refractivity contribution in [1.82, 2.24) is 5.23 Å². The second-order valence-electron chi connectivity index (χ2n) is 9.40. The highest BCUT2D eigenvalue weighted by Gasteiger charge is 2.41. The third-order valence-corrected chi connectivity index (χ3v) is 5.84. The molecule has 0 N–H and O–H groups in total. The molecule has 0 aromatic heterocycles. The monoisotopic (exact) mass is 443 g/mol. The Morgan fingerprint density at radius 2 is 1.37 bits per heavy atom. The maximum absolute atomic E-state index is 6.48. The molecule has 0 bridgehead atoms. The predicted octanol–water partition coefficient (Wildman–Crippen LogP) is 6.01. The van der Waals surface area contributed by atoms with Crippen molar-refractivity contribution < 1.29 is 18.5 Å². The largest absolute Gasteiger partial charge is 0.497 e. The van der Waals surface area contributed by atoms with E-state index in [1.165, 1.54) is 0 Å². The van der Waals surface area contributed by atoms with Crippen LogP contribution in [0.2, 0.25) is 39.3 Å². The van der Waals surface area contributed by atoms with E-state index in [1.807, 2.05) is 30.3 Å². The summed E-state index contributed by atoms with van der Waals surface area (Å²) in [7, 11) is -2.19. The molecular weight excluding hydrogens is 410 g/mol. The molecule has 0 radical (unpaired) electrons. The summed E-state index contributed by atoms with van der Waals surface area (Å²) in [6, 6.07) is 18.3. The molecule has 162 valence electrons. The Balaban J connectivity index is 1.99. The number of methoxy groups -OCH3 is 1. The molecule has 0 saturated heterocycles. The van der Waals surface area contributed by atoms with Gasteiger partial charge < -0.3 is 18.5 Å². The van der Waals surface area contributed by atoms with Crippen LogP contribution in [0.3, 0.4) is 0 Å². The van der Waals surface area contributed by atoms with E-state index in [9.17, 15) is 0 Å². The lowest BCUT2D eigenvalue weighted by Crippen LogP contribution is -2.50. The van der Waals surface area contributed by atoms with Crippen LogP contribution in [0.4, 0.5) is 0 Å². The fourth-order valence-electron chi connectivity index (χ4n) is 3.18. The van der Waals surface area contributed by atoms with Crippen LogP contribution >= 0.6 is 0 Å². The van der Waals surface area contributed by atoms with Crippen molar-refractivity contribution in [2.24, 2.45) is 0 Å². The van der Waals surface area contributed by atoms with E-state index < -0.39 is 22.9 Å². The molecule has 3 rings (SSSR count). The van der Waals surface area contributed by atoms with E-state index in [-0.39, 0.29) is 5.92 Å². The second kappa shape index (κ2) is 9.07. The molecule has 0 amide bonds. The fourth-order valence-corrected chi connectivity index (χ4v) is 4.61. The molecule has 1 heterocycles. The van der Waals surface area contributed by atoms with Gasteiger partial charge >= 0.3 is 0 Å². The Morgan fingerprint density at radius 3 is 1.87 bits per heavy atom. The molecule has 7 heteroatoms. The Morgan fingerprint density at radius 1 is 0.800 bits per heavy atom. The van der Waals surface area contributed by atoms with Gasteiger partial charge in [0.15, 0.2) is 0 Å². The number of benzene rings is 2. The van der Waals surface area contributed by atoms with Gasteiger partial charge in [0.1, 0.15) is 11.5 Å². The summed E-state index contributed by atoms with van der Waals surface area (Å²) in [6.07, 6.45) is 1.75. The van der Waals surface area contributed by atoms with Crippen molar-refractivity contribution in [2.45, 2.75) is 51.4 Å². The van der Waals surface area contributed by atoms with E-state index in [0.717, 1.165) is 22.6 Å². The number of hydroxylamine groups is 2. The third-order valence-electron chi connectivity index (χ3n) is 4.38. The molecule has 0 fully saturated rings. The highest BCUT2D eigenvalue weighted by molar-refractivity contribution is 6.70. The van der Waals surface area contributed by atoms with E-state index >= 15 is 0 Å². The summed E-state index contributed by atoms with van der Waals surface area (Å²) in [6.45, 7) is 12.9. The van der Waals surface area contributed by atoms with Crippen molar-refractivity contribution in [3.63, 3.8) is 0 Å². The molecule has 2 atom stereocenters. The van der Waals surface area contributed by atoms with Crippen LogP contribution in [0.25, 0.3) is 5.76 Å². The lowest BCUT2D eigenvalue weighted by Gasteiger charge is -2.38. The van der Waals surface area contributed by atoms with Gasteiger partial charge in [-0.1, -0.05) is 42.5 Å². The summed E-state index contributed by atoms with van der Waals surface area (Å²) in [5.41, 5.74) is 2.16. The zero-order valence-corrected chi connectivity index (χ0v) is 21.0. The van der Waals surface area contributed by atoms with Crippen LogP contribution in [0, 0.1) is 0 Å². The van der Waals surface area contributed by atoms with Crippen LogP contribution in [0.5, 0.6) is 5.75 Å². The smallest absolute Gasteiger partial charge is 0.215 e. The molecule has 2 aromatic carbocycles. The summed E-state index contributed by atoms with van der Waals surface area (Å²) < 4.78 is 24.6. The van der Waals surface area contributed by atoms with Gasteiger partial charge in [-0.05, 0) is 68.3 Å².